The first-order valence-electron chi connectivity index (χ1n) is 5.43. The molecule has 0 atom stereocenters. The highest BCUT2D eigenvalue weighted by Crippen LogP contribution is 2.09. The van der Waals surface area contributed by atoms with E-state index in [1.165, 1.54) is 6.92 Å². The highest BCUT2D eigenvalue weighted by molar-refractivity contribution is 7.91. The third-order valence-corrected chi connectivity index (χ3v) is 3.44. The number of nitrogens with one attached hydrogen (secondary N) is 2. The molecule has 1 heterocycles. The topological polar surface area (TPSA) is 131 Å². The monoisotopic (exact) mass is 290 g/mol. The van der Waals surface area contributed by atoms with E-state index in [9.17, 15) is 18.0 Å². The van der Waals surface area contributed by atoms with E-state index in [2.05, 4.69) is 25.2 Å². The van der Waals surface area contributed by atoms with Crippen LogP contribution in [0.15, 0.2) is 5.16 Å². The number of H-pyrrole nitrogens is 1. The molecule has 9 nitrogen and oxygen atoms in total. The zero-order valence-corrected chi connectivity index (χ0v) is 11.3. The smallest absolute Gasteiger partial charge is 0.306 e. The molecule has 0 fully saturated rings. The summed E-state index contributed by atoms with van der Waals surface area (Å²) < 4.78 is 28.2. The minimum atomic E-state index is -3.77. The predicted molar refractivity (Wildman–Crippen MR) is 64.0 cm³/mol. The van der Waals surface area contributed by atoms with E-state index in [1.807, 2.05) is 0 Å². The lowest BCUT2D eigenvalue weighted by Gasteiger charge is -2.01. The lowest BCUT2D eigenvalue weighted by atomic mass is 10.5. The van der Waals surface area contributed by atoms with Gasteiger partial charge in [0.25, 0.3) is 0 Å². The Labute approximate surface area is 109 Å². The van der Waals surface area contributed by atoms with Crippen LogP contribution in [0, 0.1) is 0 Å². The van der Waals surface area contributed by atoms with Gasteiger partial charge in [0.15, 0.2) is 0 Å². The molecular weight excluding hydrogens is 276 g/mol. The summed E-state index contributed by atoms with van der Waals surface area (Å²) in [6.45, 7) is 3.06. The van der Waals surface area contributed by atoms with Crippen molar-refractivity contribution in [3.63, 3.8) is 0 Å². The van der Waals surface area contributed by atoms with Gasteiger partial charge in [-0.25, -0.2) is 13.5 Å². The van der Waals surface area contributed by atoms with Crippen LogP contribution in [0.1, 0.15) is 20.3 Å². The first kappa shape index (κ1) is 15.1. The molecule has 0 aliphatic carbocycles. The molecule has 0 spiro atoms. The SMILES string of the molecule is CCOC(=O)CCS(=O)(=O)c1nc(NC(C)=O)n[nH]1. The number of sulfone groups is 1. The van der Waals surface area contributed by atoms with Crippen molar-refractivity contribution in [2.24, 2.45) is 0 Å². The molecule has 1 aromatic rings. The number of carbonyl (C=O) groups excluding carboxylic acids is 2. The normalized spacial score (nSPS) is 11.1. The van der Waals surface area contributed by atoms with E-state index in [1.54, 1.807) is 6.92 Å². The summed E-state index contributed by atoms with van der Waals surface area (Å²) >= 11 is 0. The van der Waals surface area contributed by atoms with Gasteiger partial charge in [0.05, 0.1) is 18.8 Å². The van der Waals surface area contributed by atoms with Crippen LogP contribution in [-0.4, -0.2) is 47.8 Å². The van der Waals surface area contributed by atoms with Crippen molar-refractivity contribution in [2.45, 2.75) is 25.4 Å². The standard InChI is InChI=1S/C9H14N4O5S/c1-3-18-7(15)4-5-19(16,17)9-11-8(12-13-9)10-6(2)14/h3-5H2,1-2H3,(H2,10,11,12,13,14). The number of amides is 1. The fourth-order valence-electron chi connectivity index (χ4n) is 1.15. The van der Waals surface area contributed by atoms with Gasteiger partial charge in [-0.05, 0) is 6.92 Å². The van der Waals surface area contributed by atoms with Crippen molar-refractivity contribution in [3.05, 3.63) is 0 Å². The quantitative estimate of drug-likeness (QED) is 0.674. The van der Waals surface area contributed by atoms with Gasteiger partial charge in [-0.1, -0.05) is 0 Å². The molecule has 19 heavy (non-hydrogen) atoms. The minimum absolute atomic E-state index is 0.137. The third kappa shape index (κ3) is 4.66. The Morgan fingerprint density at radius 1 is 1.42 bits per heavy atom. The van der Waals surface area contributed by atoms with E-state index in [4.69, 9.17) is 0 Å². The summed E-state index contributed by atoms with van der Waals surface area (Å²) in [5.74, 6) is -1.61. The van der Waals surface area contributed by atoms with E-state index in [0.717, 1.165) is 0 Å². The number of ether oxygens (including phenoxy) is 1. The highest BCUT2D eigenvalue weighted by atomic mass is 32.2. The molecule has 0 aliphatic heterocycles. The molecule has 1 rings (SSSR count). The summed E-state index contributed by atoms with van der Waals surface area (Å²) in [7, 11) is -3.77. The van der Waals surface area contributed by atoms with E-state index < -0.39 is 32.6 Å². The summed E-state index contributed by atoms with van der Waals surface area (Å²) in [6, 6.07) is 0. The molecule has 0 bridgehead atoms. The third-order valence-electron chi connectivity index (χ3n) is 1.93. The average Bonchev–Trinajstić information content (AvgIpc) is 2.75. The van der Waals surface area contributed by atoms with Crippen molar-refractivity contribution >= 4 is 27.7 Å². The van der Waals surface area contributed by atoms with Crippen molar-refractivity contribution in [3.8, 4) is 0 Å². The Balaban J connectivity index is 2.69. The largest absolute Gasteiger partial charge is 0.466 e. The molecule has 0 saturated heterocycles. The maximum Gasteiger partial charge on any atom is 0.306 e. The molecule has 1 amide bonds. The number of anilines is 1. The number of carbonyl (C=O) groups is 2. The average molecular weight is 290 g/mol. The molecule has 2 N–H and O–H groups in total. The number of aromatic amines is 1. The Morgan fingerprint density at radius 2 is 2.11 bits per heavy atom. The van der Waals surface area contributed by atoms with Crippen LogP contribution in [-0.2, 0) is 24.2 Å². The van der Waals surface area contributed by atoms with E-state index in [0.29, 0.717) is 0 Å². The second kappa shape index (κ2) is 6.27. The van der Waals surface area contributed by atoms with Crippen molar-refractivity contribution < 1.29 is 22.7 Å². The van der Waals surface area contributed by atoms with Crippen LogP contribution < -0.4 is 5.32 Å². The lowest BCUT2D eigenvalue weighted by Crippen LogP contribution is -2.14. The number of nitrogens with zero attached hydrogens (tertiary/aromatic N) is 2. The zero-order valence-electron chi connectivity index (χ0n) is 10.5. The molecule has 0 unspecified atom stereocenters. The van der Waals surface area contributed by atoms with Crippen LogP contribution in [0.2, 0.25) is 0 Å². The van der Waals surface area contributed by atoms with Crippen molar-refractivity contribution in [1.29, 1.82) is 0 Å². The zero-order chi connectivity index (χ0) is 14.5. The number of aromatic nitrogens is 3. The first-order valence-corrected chi connectivity index (χ1v) is 7.08. The predicted octanol–water partition coefficient (Wildman–Crippen LogP) is -0.510. The molecule has 10 heteroatoms. The van der Waals surface area contributed by atoms with Crippen molar-refractivity contribution in [2.75, 3.05) is 17.7 Å². The van der Waals surface area contributed by atoms with E-state index >= 15 is 0 Å². The van der Waals surface area contributed by atoms with Gasteiger partial charge in [0.1, 0.15) is 0 Å². The van der Waals surface area contributed by atoms with Crippen LogP contribution in [0.3, 0.4) is 0 Å². The van der Waals surface area contributed by atoms with Gasteiger partial charge in [-0.15, -0.1) is 5.10 Å². The summed E-state index contributed by atoms with van der Waals surface area (Å²) in [5.41, 5.74) is 0. The molecule has 1 aromatic heterocycles. The summed E-state index contributed by atoms with van der Waals surface area (Å²) in [6.07, 6.45) is -0.271. The molecule has 106 valence electrons. The Bertz CT molecular complexity index is 565. The molecule has 0 radical (unpaired) electrons. The van der Waals surface area contributed by atoms with Gasteiger partial charge >= 0.3 is 5.97 Å². The van der Waals surface area contributed by atoms with E-state index in [-0.39, 0.29) is 19.0 Å². The van der Waals surface area contributed by atoms with Crippen LogP contribution in [0.4, 0.5) is 5.95 Å². The van der Waals surface area contributed by atoms with Crippen LogP contribution in [0.5, 0.6) is 0 Å². The maximum absolute atomic E-state index is 11.8. The Hall–Kier alpha value is -1.97. The second-order valence-electron chi connectivity index (χ2n) is 3.52. The second-order valence-corrected chi connectivity index (χ2v) is 5.54. The Kier molecular flexibility index (Phi) is 4.98. The van der Waals surface area contributed by atoms with Crippen LogP contribution in [0.25, 0.3) is 0 Å². The number of hydrogen-bond donors (Lipinski definition) is 2. The highest BCUT2D eigenvalue weighted by Gasteiger charge is 2.21. The van der Waals surface area contributed by atoms with Gasteiger partial charge in [0.2, 0.25) is 26.8 Å². The maximum atomic E-state index is 11.8. The number of rotatable bonds is 6. The first-order chi connectivity index (χ1) is 8.85. The fraction of sp³-hybridized carbons (Fsp3) is 0.556. The fourth-order valence-corrected chi connectivity index (χ4v) is 2.19. The van der Waals surface area contributed by atoms with Gasteiger partial charge in [0, 0.05) is 6.92 Å². The summed E-state index contributed by atoms with van der Waals surface area (Å²) in [5, 5.41) is 7.55. The van der Waals surface area contributed by atoms with Gasteiger partial charge in [-0.3, -0.25) is 14.9 Å². The lowest BCUT2D eigenvalue weighted by molar-refractivity contribution is -0.142. The summed E-state index contributed by atoms with van der Waals surface area (Å²) in [4.78, 5) is 25.4. The molecule has 0 aromatic carbocycles. The number of hydrogen-bond acceptors (Lipinski definition) is 7. The Morgan fingerprint density at radius 3 is 2.68 bits per heavy atom. The minimum Gasteiger partial charge on any atom is -0.466 e. The van der Waals surface area contributed by atoms with Gasteiger partial charge in [-0.2, -0.15) is 4.98 Å². The molecule has 0 aliphatic rings. The molecular formula is C9H14N4O5S. The van der Waals surface area contributed by atoms with Gasteiger partial charge < -0.3 is 4.74 Å². The van der Waals surface area contributed by atoms with Crippen molar-refractivity contribution in [1.82, 2.24) is 15.2 Å². The number of esters is 1. The van der Waals surface area contributed by atoms with Crippen LogP contribution >= 0.6 is 0 Å². The molecule has 0 saturated carbocycles.